The summed E-state index contributed by atoms with van der Waals surface area (Å²) in [6, 6.07) is 0. The number of carbonyl (C=O) groups is 1. The number of aromatic nitrogens is 2. The second kappa shape index (κ2) is 4.22. The maximum Gasteiger partial charge on any atom is 0.237 e. The van der Waals surface area contributed by atoms with E-state index in [4.69, 9.17) is 34.8 Å². The monoisotopic (exact) mass is 353 g/mol. The van der Waals surface area contributed by atoms with Crippen molar-refractivity contribution in [1.29, 1.82) is 0 Å². The average Bonchev–Trinajstić information content (AvgIpc) is 3.03. The maximum atomic E-state index is 12.5. The minimum Gasteiger partial charge on any atom is -0.289 e. The van der Waals surface area contributed by atoms with Crippen LogP contribution in [0.15, 0.2) is 0 Å². The lowest BCUT2D eigenvalue weighted by atomic mass is 10.1. The highest BCUT2D eigenvalue weighted by Crippen LogP contribution is 2.64. The van der Waals surface area contributed by atoms with Crippen molar-refractivity contribution in [1.82, 2.24) is 10.2 Å². The minimum absolute atomic E-state index is 0.101. The quantitative estimate of drug-likeness (QED) is 0.782. The molecule has 3 unspecified atom stereocenters. The van der Waals surface area contributed by atoms with Gasteiger partial charge in [0, 0.05) is 17.8 Å². The molecule has 0 aromatic carbocycles. The summed E-state index contributed by atoms with van der Waals surface area (Å²) in [6.07, 6.45) is 1.35. The number of alkyl halides is 3. The van der Waals surface area contributed by atoms with Crippen LogP contribution in [0, 0.1) is 5.41 Å². The average molecular weight is 355 g/mol. The van der Waals surface area contributed by atoms with Crippen LogP contribution in [0.3, 0.4) is 0 Å². The lowest BCUT2D eigenvalue weighted by molar-refractivity contribution is -0.122. The summed E-state index contributed by atoms with van der Waals surface area (Å²) >= 11 is 19.6. The minimum atomic E-state index is -0.977. The molecule has 0 aliphatic heterocycles. The van der Waals surface area contributed by atoms with Crippen LogP contribution in [0.25, 0.3) is 0 Å². The molecule has 1 amide bonds. The van der Waals surface area contributed by atoms with Crippen LogP contribution < -0.4 is 4.90 Å². The lowest BCUT2D eigenvalue weighted by Gasteiger charge is -2.19. The summed E-state index contributed by atoms with van der Waals surface area (Å²) in [5.41, 5.74) is -0.844. The predicted molar refractivity (Wildman–Crippen MR) is 82.1 cm³/mol. The fraction of sp³-hybridized carbons (Fsp3) is 0.750. The molecule has 0 saturated heterocycles. The Morgan fingerprint density at radius 1 is 1.40 bits per heavy atom. The van der Waals surface area contributed by atoms with Crippen LogP contribution >= 0.6 is 46.1 Å². The summed E-state index contributed by atoms with van der Waals surface area (Å²) < 4.78 is -0.977. The van der Waals surface area contributed by atoms with Gasteiger partial charge in [0.2, 0.25) is 11.0 Å². The molecule has 2 fully saturated rings. The Morgan fingerprint density at radius 2 is 1.95 bits per heavy atom. The highest BCUT2D eigenvalue weighted by atomic mass is 35.5. The summed E-state index contributed by atoms with van der Waals surface area (Å²) in [5, 5.41) is 9.79. The molecule has 110 valence electrons. The Hall–Kier alpha value is -0.100. The Labute approximate surface area is 136 Å². The van der Waals surface area contributed by atoms with Crippen LogP contribution in [0.4, 0.5) is 5.13 Å². The normalized spacial score (nSPS) is 37.6. The largest absolute Gasteiger partial charge is 0.289 e. The second-order valence-corrected chi connectivity index (χ2v) is 9.02. The zero-order chi connectivity index (χ0) is 14.9. The molecular weight excluding hydrogens is 341 g/mol. The Kier molecular flexibility index (Phi) is 3.12. The van der Waals surface area contributed by atoms with Crippen molar-refractivity contribution in [3.8, 4) is 0 Å². The third kappa shape index (κ3) is 1.97. The predicted octanol–water partition coefficient (Wildman–Crippen LogP) is 3.35. The highest BCUT2D eigenvalue weighted by Gasteiger charge is 2.68. The first-order chi connectivity index (χ1) is 9.12. The van der Waals surface area contributed by atoms with E-state index >= 15 is 0 Å². The zero-order valence-electron chi connectivity index (χ0n) is 11.3. The van der Waals surface area contributed by atoms with Crippen molar-refractivity contribution in [2.24, 2.45) is 5.41 Å². The van der Waals surface area contributed by atoms with Crippen molar-refractivity contribution >= 4 is 57.2 Å². The molecule has 0 bridgehead atoms. The van der Waals surface area contributed by atoms with Gasteiger partial charge in [-0.3, -0.25) is 9.69 Å². The van der Waals surface area contributed by atoms with Gasteiger partial charge in [0.25, 0.3) is 0 Å². The van der Waals surface area contributed by atoms with E-state index in [1.165, 1.54) is 16.2 Å². The molecule has 4 nitrogen and oxygen atoms in total. The molecule has 3 atom stereocenters. The van der Waals surface area contributed by atoms with Crippen molar-refractivity contribution < 1.29 is 4.79 Å². The summed E-state index contributed by atoms with van der Waals surface area (Å²) in [6.45, 7) is 3.83. The molecule has 1 aromatic heterocycles. The fourth-order valence-corrected chi connectivity index (χ4v) is 4.40. The maximum absolute atomic E-state index is 12.5. The number of carbonyl (C=O) groups excluding carboxylic acids is 1. The Balaban J connectivity index is 1.79. The Morgan fingerprint density at radius 3 is 2.40 bits per heavy atom. The summed E-state index contributed by atoms with van der Waals surface area (Å²) in [7, 11) is 1.67. The van der Waals surface area contributed by atoms with E-state index in [1.54, 1.807) is 14.0 Å². The molecule has 2 aliphatic rings. The molecular formula is C12H14Cl3N3OS. The molecule has 1 heterocycles. The number of hydrogen-bond donors (Lipinski definition) is 0. The van der Waals surface area contributed by atoms with Gasteiger partial charge >= 0.3 is 0 Å². The summed E-state index contributed by atoms with van der Waals surface area (Å²) in [4.78, 5) is 13.9. The van der Waals surface area contributed by atoms with Gasteiger partial charge in [-0.25, -0.2) is 0 Å². The van der Waals surface area contributed by atoms with Crippen molar-refractivity contribution in [2.75, 3.05) is 11.9 Å². The van der Waals surface area contributed by atoms with E-state index < -0.39 is 9.75 Å². The van der Waals surface area contributed by atoms with E-state index in [2.05, 4.69) is 17.1 Å². The van der Waals surface area contributed by atoms with E-state index in [0.29, 0.717) is 11.6 Å². The smallest absolute Gasteiger partial charge is 0.237 e. The van der Waals surface area contributed by atoms with Crippen molar-refractivity contribution in [3.05, 3.63) is 5.01 Å². The van der Waals surface area contributed by atoms with Gasteiger partial charge in [0.1, 0.15) is 9.34 Å². The van der Waals surface area contributed by atoms with Gasteiger partial charge in [-0.15, -0.1) is 45.0 Å². The van der Waals surface area contributed by atoms with E-state index in [1.807, 2.05) is 0 Å². The van der Waals surface area contributed by atoms with Crippen LogP contribution in [-0.4, -0.2) is 32.9 Å². The van der Waals surface area contributed by atoms with Gasteiger partial charge in [-0.1, -0.05) is 18.3 Å². The topological polar surface area (TPSA) is 46.1 Å². The van der Waals surface area contributed by atoms with E-state index in [9.17, 15) is 4.79 Å². The van der Waals surface area contributed by atoms with Crippen LogP contribution in [0.2, 0.25) is 0 Å². The SMILES string of the molecule is CN(C(=O)C1(C)CC1(Cl)Cl)c1nnc(C2(C)CC2Cl)s1. The van der Waals surface area contributed by atoms with E-state index in [-0.39, 0.29) is 16.7 Å². The molecule has 8 heteroatoms. The molecule has 0 radical (unpaired) electrons. The number of nitrogens with zero attached hydrogens (tertiary/aromatic N) is 3. The summed E-state index contributed by atoms with van der Waals surface area (Å²) in [5.74, 6) is -0.131. The molecule has 0 spiro atoms. The fourth-order valence-electron chi connectivity index (χ4n) is 2.21. The third-order valence-corrected chi connectivity index (χ3v) is 7.38. The highest BCUT2D eigenvalue weighted by molar-refractivity contribution is 7.15. The number of halogens is 3. The zero-order valence-corrected chi connectivity index (χ0v) is 14.4. The van der Waals surface area contributed by atoms with Crippen LogP contribution in [0.5, 0.6) is 0 Å². The first-order valence-corrected chi connectivity index (χ1v) is 8.27. The molecule has 0 N–H and O–H groups in total. The van der Waals surface area contributed by atoms with Gasteiger partial charge in [-0.2, -0.15) is 0 Å². The lowest BCUT2D eigenvalue weighted by Crippen LogP contribution is -2.35. The van der Waals surface area contributed by atoms with Crippen LogP contribution in [-0.2, 0) is 10.2 Å². The first-order valence-electron chi connectivity index (χ1n) is 6.26. The number of hydrogen-bond acceptors (Lipinski definition) is 4. The second-order valence-electron chi connectivity index (χ2n) is 6.06. The molecule has 2 saturated carbocycles. The molecule has 2 aliphatic carbocycles. The number of amides is 1. The van der Waals surface area contributed by atoms with Gasteiger partial charge in [0.15, 0.2) is 0 Å². The Bertz CT molecular complexity index is 592. The van der Waals surface area contributed by atoms with Crippen molar-refractivity contribution in [3.63, 3.8) is 0 Å². The van der Waals surface area contributed by atoms with Crippen molar-refractivity contribution in [2.45, 2.75) is 41.8 Å². The van der Waals surface area contributed by atoms with Gasteiger partial charge < -0.3 is 0 Å². The third-order valence-electron chi connectivity index (χ3n) is 4.36. The van der Waals surface area contributed by atoms with Crippen LogP contribution in [0.1, 0.15) is 31.7 Å². The molecule has 20 heavy (non-hydrogen) atoms. The van der Waals surface area contributed by atoms with Gasteiger partial charge in [-0.05, 0) is 19.8 Å². The van der Waals surface area contributed by atoms with Gasteiger partial charge in [0.05, 0.1) is 5.41 Å². The molecule has 3 rings (SSSR count). The standard InChI is InChI=1S/C12H14Cl3N3OS/c1-10(4-6(10)13)7-16-17-9(20-7)18(3)8(19)11(2)5-12(11,14)15/h6H,4-5H2,1-3H3. The molecule has 1 aromatic rings. The van der Waals surface area contributed by atoms with E-state index in [0.717, 1.165) is 11.4 Å². The first kappa shape index (κ1) is 14.8. The number of anilines is 1. The number of rotatable bonds is 3.